The predicted octanol–water partition coefficient (Wildman–Crippen LogP) is 3.44. The van der Waals surface area contributed by atoms with E-state index >= 15 is 8.78 Å². The number of nitrogens with zero attached hydrogens (tertiary/aromatic N) is 3. The molecule has 0 bridgehead atoms. The first-order valence-corrected chi connectivity index (χ1v) is 13.1. The average Bonchev–Trinajstić information content (AvgIpc) is 3.50. The molecule has 184 valence electrons. The third-order valence-electron chi connectivity index (χ3n) is 7.68. The maximum Gasteiger partial charge on any atom is 0.255 e. The summed E-state index contributed by atoms with van der Waals surface area (Å²) in [6, 6.07) is 0.275. The number of amides is 3. The van der Waals surface area contributed by atoms with Crippen molar-refractivity contribution < 1.29 is 23.2 Å². The summed E-state index contributed by atoms with van der Waals surface area (Å²) in [5.74, 6) is -2.53. The van der Waals surface area contributed by atoms with Gasteiger partial charge in [-0.25, -0.2) is 13.8 Å². The van der Waals surface area contributed by atoms with Gasteiger partial charge in [-0.05, 0) is 57.2 Å². The topological polar surface area (TPSA) is 82.6 Å². The Bertz CT molecular complexity index is 1220. The lowest BCUT2D eigenvalue weighted by Crippen LogP contribution is -2.52. The van der Waals surface area contributed by atoms with Crippen LogP contribution in [0.25, 0.3) is 0 Å². The van der Waals surface area contributed by atoms with Crippen LogP contribution < -0.4 is 5.32 Å². The van der Waals surface area contributed by atoms with Crippen molar-refractivity contribution >= 4 is 29.1 Å². The van der Waals surface area contributed by atoms with Crippen LogP contribution in [0.15, 0.2) is 11.4 Å². The molecule has 6 rings (SSSR count). The van der Waals surface area contributed by atoms with Crippen molar-refractivity contribution in [1.82, 2.24) is 20.1 Å². The predicted molar refractivity (Wildman–Crippen MR) is 124 cm³/mol. The Hall–Kier alpha value is -2.72. The Balaban J connectivity index is 1.15. The quantitative estimate of drug-likeness (QED) is 0.636. The van der Waals surface area contributed by atoms with Crippen LogP contribution >= 0.6 is 11.3 Å². The van der Waals surface area contributed by atoms with Crippen LogP contribution in [0, 0.1) is 11.6 Å². The third kappa shape index (κ3) is 4.16. The zero-order valence-corrected chi connectivity index (χ0v) is 20.0. The fourth-order valence-electron chi connectivity index (χ4n) is 5.56. The Morgan fingerprint density at radius 1 is 1.06 bits per heavy atom. The van der Waals surface area contributed by atoms with Crippen LogP contribution in [-0.2, 0) is 22.7 Å². The average molecular weight is 501 g/mol. The van der Waals surface area contributed by atoms with Gasteiger partial charge < -0.3 is 4.90 Å². The molecule has 1 saturated carbocycles. The van der Waals surface area contributed by atoms with Crippen molar-refractivity contribution in [3.8, 4) is 0 Å². The number of hydrogen-bond acceptors (Lipinski definition) is 6. The normalized spacial score (nSPS) is 23.7. The van der Waals surface area contributed by atoms with E-state index in [-0.39, 0.29) is 47.9 Å². The highest BCUT2D eigenvalue weighted by molar-refractivity contribution is 7.09. The Labute approximate surface area is 205 Å². The number of aromatic nitrogens is 1. The number of carbonyl (C=O) groups excluding carboxylic acids is 3. The van der Waals surface area contributed by atoms with E-state index in [9.17, 15) is 14.4 Å². The highest BCUT2D eigenvalue weighted by atomic mass is 32.1. The summed E-state index contributed by atoms with van der Waals surface area (Å²) in [6.07, 6.45) is 3.99. The van der Waals surface area contributed by atoms with E-state index in [1.54, 1.807) is 11.3 Å². The summed E-state index contributed by atoms with van der Waals surface area (Å²) in [6.45, 7) is 2.11. The number of fused-ring (bicyclic) bond motifs is 1. The van der Waals surface area contributed by atoms with Crippen molar-refractivity contribution in [2.24, 2.45) is 0 Å². The maximum absolute atomic E-state index is 15.6. The smallest absolute Gasteiger partial charge is 0.255 e. The van der Waals surface area contributed by atoms with Gasteiger partial charge in [0.15, 0.2) is 0 Å². The molecule has 7 nitrogen and oxygen atoms in total. The molecule has 2 saturated heterocycles. The van der Waals surface area contributed by atoms with Gasteiger partial charge in [-0.1, -0.05) is 0 Å². The van der Waals surface area contributed by atoms with Crippen molar-refractivity contribution in [2.75, 3.05) is 13.1 Å². The number of likely N-dealkylation sites (tertiary alicyclic amines) is 1. The summed E-state index contributed by atoms with van der Waals surface area (Å²) in [5.41, 5.74) is 1.37. The number of halogens is 2. The van der Waals surface area contributed by atoms with E-state index in [0.29, 0.717) is 18.8 Å². The van der Waals surface area contributed by atoms with Gasteiger partial charge in [0.25, 0.3) is 5.91 Å². The molecule has 4 heterocycles. The van der Waals surface area contributed by atoms with Crippen LogP contribution in [0.3, 0.4) is 0 Å². The first-order valence-electron chi connectivity index (χ1n) is 12.2. The minimum Gasteiger partial charge on any atom is -0.322 e. The number of imide groups is 1. The largest absolute Gasteiger partial charge is 0.322 e. The number of rotatable bonds is 5. The van der Waals surface area contributed by atoms with E-state index in [0.717, 1.165) is 30.7 Å². The highest BCUT2D eigenvalue weighted by Crippen LogP contribution is 2.41. The minimum atomic E-state index is -0.854. The van der Waals surface area contributed by atoms with Gasteiger partial charge in [0.1, 0.15) is 22.7 Å². The summed E-state index contributed by atoms with van der Waals surface area (Å²) in [5, 5.41) is 5.46. The van der Waals surface area contributed by atoms with E-state index < -0.39 is 29.5 Å². The number of thiazole rings is 1. The highest BCUT2D eigenvalue weighted by Gasteiger charge is 2.42. The van der Waals surface area contributed by atoms with Crippen LogP contribution in [-0.4, -0.2) is 51.6 Å². The number of hydrogen-bond donors (Lipinski definition) is 1. The van der Waals surface area contributed by atoms with Gasteiger partial charge >= 0.3 is 0 Å². The van der Waals surface area contributed by atoms with Crippen LogP contribution in [0.4, 0.5) is 8.78 Å². The first-order chi connectivity index (χ1) is 16.9. The van der Waals surface area contributed by atoms with E-state index in [2.05, 4.69) is 15.6 Å². The first kappa shape index (κ1) is 22.7. The summed E-state index contributed by atoms with van der Waals surface area (Å²) < 4.78 is 30.8. The van der Waals surface area contributed by atoms with Gasteiger partial charge in [-0.15, -0.1) is 11.3 Å². The van der Waals surface area contributed by atoms with Gasteiger partial charge in [-0.3, -0.25) is 24.6 Å². The van der Waals surface area contributed by atoms with Gasteiger partial charge in [0.2, 0.25) is 11.8 Å². The van der Waals surface area contributed by atoms with Crippen molar-refractivity contribution in [3.63, 3.8) is 0 Å². The molecule has 1 unspecified atom stereocenters. The zero-order chi connectivity index (χ0) is 24.3. The molecule has 35 heavy (non-hydrogen) atoms. The Morgan fingerprint density at radius 2 is 1.83 bits per heavy atom. The SMILES string of the molecule is O=C1CCC(N2Cc3c(cc(F)c(C4CCN(Cc5nc(C6CC6)cs5)CC4)c3F)C2=O)C(=O)N1. The molecule has 1 N–H and O–H groups in total. The number of piperidine rings is 2. The molecule has 3 aliphatic heterocycles. The molecule has 2 aromatic rings. The van der Waals surface area contributed by atoms with E-state index in [1.165, 1.54) is 23.4 Å². The second kappa shape index (κ2) is 8.74. The second-order valence-corrected chi connectivity index (χ2v) is 10.9. The molecule has 10 heteroatoms. The number of carbonyl (C=O) groups is 3. The van der Waals surface area contributed by atoms with Crippen molar-refractivity contribution in [2.45, 2.75) is 69.5 Å². The minimum absolute atomic E-state index is 0.0267. The summed E-state index contributed by atoms with van der Waals surface area (Å²) in [4.78, 5) is 44.9. The van der Waals surface area contributed by atoms with Gasteiger partial charge in [0, 0.05) is 28.8 Å². The molecule has 1 atom stereocenters. The Morgan fingerprint density at radius 3 is 2.54 bits per heavy atom. The standard InChI is InChI=1S/C25H26F2N4O3S/c26-17-9-15-16(10-31(25(15)34)19-3-4-20(32)29-24(19)33)23(27)22(17)14-5-7-30(8-6-14)11-21-28-18(12-35-21)13-1-2-13/h9,12-14,19H,1-8,10-11H2,(H,29,32,33). The lowest BCUT2D eigenvalue weighted by Gasteiger charge is -2.32. The monoisotopic (exact) mass is 500 g/mol. The third-order valence-corrected chi connectivity index (χ3v) is 8.53. The molecule has 3 amide bonds. The van der Waals surface area contributed by atoms with Crippen molar-refractivity contribution in [1.29, 1.82) is 0 Å². The number of nitrogens with one attached hydrogen (secondary N) is 1. The molecular weight excluding hydrogens is 474 g/mol. The maximum atomic E-state index is 15.6. The molecule has 0 radical (unpaired) electrons. The van der Waals surface area contributed by atoms with E-state index in [4.69, 9.17) is 4.98 Å². The summed E-state index contributed by atoms with van der Waals surface area (Å²) in [7, 11) is 0. The second-order valence-electron chi connectivity index (χ2n) is 10.0. The molecule has 3 fully saturated rings. The molecular formula is C25H26F2N4O3S. The molecule has 1 aromatic carbocycles. The number of benzene rings is 1. The molecule has 1 aromatic heterocycles. The molecule has 0 spiro atoms. The Kier molecular flexibility index (Phi) is 5.68. The van der Waals surface area contributed by atoms with Crippen LogP contribution in [0.5, 0.6) is 0 Å². The lowest BCUT2D eigenvalue weighted by atomic mass is 9.86. The van der Waals surface area contributed by atoms with Gasteiger partial charge in [0.05, 0.1) is 24.3 Å². The van der Waals surface area contributed by atoms with Crippen LogP contribution in [0.1, 0.15) is 82.5 Å². The fraction of sp³-hybridized carbons (Fsp3) is 0.520. The lowest BCUT2D eigenvalue weighted by molar-refractivity contribution is -0.136. The fourth-order valence-corrected chi connectivity index (χ4v) is 6.48. The van der Waals surface area contributed by atoms with Crippen molar-refractivity contribution in [3.05, 3.63) is 50.5 Å². The van der Waals surface area contributed by atoms with Gasteiger partial charge in [-0.2, -0.15) is 0 Å². The van der Waals surface area contributed by atoms with Crippen LogP contribution in [0.2, 0.25) is 0 Å². The summed E-state index contributed by atoms with van der Waals surface area (Å²) >= 11 is 1.68. The van der Waals surface area contributed by atoms with E-state index in [1.807, 2.05) is 0 Å². The molecule has 1 aliphatic carbocycles. The zero-order valence-electron chi connectivity index (χ0n) is 19.2. The molecule has 4 aliphatic rings.